The highest BCUT2D eigenvalue weighted by Gasteiger charge is 2.67. The largest absolute Gasteiger partial charge is 0.416 e. The lowest BCUT2D eigenvalue weighted by molar-refractivity contribution is -0.144. The van der Waals surface area contributed by atoms with Gasteiger partial charge in [-0.2, -0.15) is 13.2 Å². The SMILES string of the molecule is O=C(Nc1cc(C(F)(F)F)ccc1Cl)C1CCC(N2C(=O)[C@H]3[C@@H]4C=C[C@H]([C@@H]5C[C@H]45)[C@@H]3C2=O)CC1. The third-order valence-corrected chi connectivity index (χ3v) is 9.01. The Labute approximate surface area is 199 Å². The van der Waals surface area contributed by atoms with Crippen LogP contribution in [0.4, 0.5) is 18.9 Å². The van der Waals surface area contributed by atoms with Crippen molar-refractivity contribution in [3.63, 3.8) is 0 Å². The second-order valence-electron chi connectivity index (χ2n) is 10.4. The Morgan fingerprint density at radius 1 is 0.971 bits per heavy atom. The lowest BCUT2D eigenvalue weighted by atomic mass is 9.63. The van der Waals surface area contributed by atoms with Crippen LogP contribution in [0.25, 0.3) is 0 Å². The first-order valence-corrected chi connectivity index (χ1v) is 12.3. The molecule has 6 aliphatic rings. The average Bonchev–Trinajstić information content (AvgIpc) is 3.58. The molecule has 4 fully saturated rings. The molecule has 1 aliphatic heterocycles. The molecule has 1 saturated heterocycles. The van der Waals surface area contributed by atoms with Crippen molar-refractivity contribution in [2.45, 2.75) is 44.3 Å². The Morgan fingerprint density at radius 2 is 1.56 bits per heavy atom. The topological polar surface area (TPSA) is 66.5 Å². The van der Waals surface area contributed by atoms with Crippen LogP contribution in [0.3, 0.4) is 0 Å². The highest BCUT2D eigenvalue weighted by Crippen LogP contribution is 2.65. The van der Waals surface area contributed by atoms with E-state index in [0.29, 0.717) is 37.5 Å². The van der Waals surface area contributed by atoms with Gasteiger partial charge < -0.3 is 5.32 Å². The number of anilines is 1. The maximum Gasteiger partial charge on any atom is 0.416 e. The summed E-state index contributed by atoms with van der Waals surface area (Å²) >= 11 is 6.00. The van der Waals surface area contributed by atoms with Crippen molar-refractivity contribution in [3.05, 3.63) is 40.9 Å². The van der Waals surface area contributed by atoms with Crippen molar-refractivity contribution in [2.24, 2.45) is 41.4 Å². The molecule has 0 unspecified atom stereocenters. The first-order chi connectivity index (χ1) is 16.1. The molecule has 0 spiro atoms. The lowest BCUT2D eigenvalue weighted by Crippen LogP contribution is -2.44. The molecule has 0 radical (unpaired) electrons. The van der Waals surface area contributed by atoms with Gasteiger partial charge in [0.25, 0.3) is 0 Å². The molecule has 1 aromatic rings. The van der Waals surface area contributed by atoms with Crippen LogP contribution in [-0.2, 0) is 20.6 Å². The number of nitrogens with one attached hydrogen (secondary N) is 1. The van der Waals surface area contributed by atoms with Crippen molar-refractivity contribution in [3.8, 4) is 0 Å². The molecule has 1 aromatic carbocycles. The lowest BCUT2D eigenvalue weighted by Gasteiger charge is -2.37. The van der Waals surface area contributed by atoms with E-state index in [0.717, 1.165) is 24.6 Å². The van der Waals surface area contributed by atoms with Crippen LogP contribution in [0.1, 0.15) is 37.7 Å². The van der Waals surface area contributed by atoms with Gasteiger partial charge in [0.05, 0.1) is 28.1 Å². The number of hydrogen-bond acceptors (Lipinski definition) is 3. The number of nitrogens with zero attached hydrogens (tertiary/aromatic N) is 1. The third-order valence-electron chi connectivity index (χ3n) is 8.68. The zero-order chi connectivity index (χ0) is 23.9. The van der Waals surface area contributed by atoms with Crippen LogP contribution >= 0.6 is 11.6 Å². The molecule has 1 heterocycles. The number of imide groups is 1. The number of benzene rings is 1. The maximum atomic E-state index is 13.3. The molecule has 2 bridgehead atoms. The van der Waals surface area contributed by atoms with Gasteiger partial charge in [0, 0.05) is 12.0 Å². The first-order valence-electron chi connectivity index (χ1n) is 11.9. The highest BCUT2D eigenvalue weighted by atomic mass is 35.5. The monoisotopic (exact) mass is 492 g/mol. The maximum absolute atomic E-state index is 13.3. The summed E-state index contributed by atoms with van der Waals surface area (Å²) < 4.78 is 39.0. The number of carbonyl (C=O) groups is 3. The molecule has 6 atom stereocenters. The summed E-state index contributed by atoms with van der Waals surface area (Å²) in [5, 5.41) is 2.57. The smallest absolute Gasteiger partial charge is 0.325 e. The molecular formula is C25H24ClF3N2O3. The van der Waals surface area contributed by atoms with Crippen molar-refractivity contribution < 1.29 is 27.6 Å². The molecular weight excluding hydrogens is 469 g/mol. The summed E-state index contributed by atoms with van der Waals surface area (Å²) in [4.78, 5) is 40.9. The zero-order valence-electron chi connectivity index (χ0n) is 18.2. The summed E-state index contributed by atoms with van der Waals surface area (Å²) in [6.07, 6.45) is 2.81. The number of amides is 3. The normalized spacial score (nSPS) is 38.1. The Hall–Kier alpha value is -2.35. The van der Waals surface area contributed by atoms with Crippen LogP contribution in [-0.4, -0.2) is 28.7 Å². The van der Waals surface area contributed by atoms with Crippen molar-refractivity contribution in [1.82, 2.24) is 4.90 Å². The summed E-state index contributed by atoms with van der Waals surface area (Å²) in [6.45, 7) is 0. The molecule has 3 saturated carbocycles. The van der Waals surface area contributed by atoms with Crippen LogP contribution in [0.2, 0.25) is 5.02 Å². The van der Waals surface area contributed by atoms with Crippen LogP contribution in [0.5, 0.6) is 0 Å². The number of allylic oxidation sites excluding steroid dienone is 2. The van der Waals surface area contributed by atoms with Gasteiger partial charge in [0.15, 0.2) is 0 Å². The standard InChI is InChI=1S/C25H24ClF3N2O3/c26-18-8-3-12(25(27,28)29)9-19(18)30-22(32)11-1-4-13(5-2-11)31-23(33)20-14-6-7-15(17-10-16(14)17)21(20)24(31)34/h3,6-9,11,13-17,20-21H,1-2,4-5,10H2,(H,30,32)/t11?,13?,14-,15-,16-,17+,20+,21+/m1/s1. The van der Waals surface area contributed by atoms with Crippen LogP contribution < -0.4 is 5.32 Å². The van der Waals surface area contributed by atoms with Gasteiger partial charge >= 0.3 is 6.18 Å². The van der Waals surface area contributed by atoms with E-state index in [1.165, 1.54) is 4.90 Å². The van der Waals surface area contributed by atoms with E-state index in [2.05, 4.69) is 17.5 Å². The minimum atomic E-state index is -4.54. The predicted octanol–water partition coefficient (Wildman–Crippen LogP) is 4.91. The van der Waals surface area contributed by atoms with E-state index in [1.807, 2.05) is 0 Å². The molecule has 1 N–H and O–H groups in total. The van der Waals surface area contributed by atoms with E-state index in [9.17, 15) is 27.6 Å². The van der Waals surface area contributed by atoms with E-state index < -0.39 is 23.6 Å². The fourth-order valence-electron chi connectivity index (χ4n) is 6.97. The third kappa shape index (κ3) is 3.32. The van der Waals surface area contributed by atoms with Crippen LogP contribution in [0, 0.1) is 41.4 Å². The molecule has 5 nitrogen and oxygen atoms in total. The van der Waals surface area contributed by atoms with E-state index in [4.69, 9.17) is 11.6 Å². The predicted molar refractivity (Wildman–Crippen MR) is 117 cm³/mol. The quantitative estimate of drug-likeness (QED) is 0.481. The fourth-order valence-corrected chi connectivity index (χ4v) is 7.13. The Bertz CT molecular complexity index is 1080. The zero-order valence-corrected chi connectivity index (χ0v) is 19.0. The van der Waals surface area contributed by atoms with Crippen molar-refractivity contribution in [1.29, 1.82) is 0 Å². The number of halogens is 4. The summed E-state index contributed by atoms with van der Waals surface area (Å²) in [7, 11) is 0. The molecule has 5 aliphatic carbocycles. The molecule has 0 aromatic heterocycles. The minimum absolute atomic E-state index is 0.0344. The summed E-state index contributed by atoms with van der Waals surface area (Å²) in [6, 6.07) is 2.60. The van der Waals surface area contributed by atoms with Crippen LogP contribution in [0.15, 0.2) is 30.4 Å². The summed E-state index contributed by atoms with van der Waals surface area (Å²) in [5.74, 6) is 0.0983. The highest BCUT2D eigenvalue weighted by molar-refractivity contribution is 6.33. The second-order valence-corrected chi connectivity index (χ2v) is 10.8. The number of rotatable bonds is 3. The Kier molecular flexibility index (Phi) is 4.93. The van der Waals surface area contributed by atoms with Gasteiger partial charge in [-0.1, -0.05) is 23.8 Å². The number of alkyl halides is 3. The van der Waals surface area contributed by atoms with Gasteiger partial charge in [0.1, 0.15) is 0 Å². The second kappa shape index (κ2) is 7.57. The fraction of sp³-hybridized carbons (Fsp3) is 0.560. The van der Waals surface area contributed by atoms with Crippen molar-refractivity contribution >= 4 is 35.0 Å². The van der Waals surface area contributed by atoms with Gasteiger partial charge in [-0.05, 0) is 74.0 Å². The minimum Gasteiger partial charge on any atom is -0.325 e. The molecule has 180 valence electrons. The number of carbonyl (C=O) groups excluding carboxylic acids is 3. The number of hydrogen-bond donors (Lipinski definition) is 1. The first kappa shape index (κ1) is 22.1. The Morgan fingerprint density at radius 3 is 2.12 bits per heavy atom. The van der Waals surface area contributed by atoms with Gasteiger partial charge in [-0.3, -0.25) is 19.3 Å². The molecule has 34 heavy (non-hydrogen) atoms. The molecule has 7 rings (SSSR count). The average molecular weight is 493 g/mol. The van der Waals surface area contributed by atoms with E-state index >= 15 is 0 Å². The van der Waals surface area contributed by atoms with E-state index in [-0.39, 0.29) is 52.2 Å². The molecule has 9 heteroatoms. The number of likely N-dealkylation sites (tertiary alicyclic amines) is 1. The Balaban J connectivity index is 1.11. The molecule has 3 amide bonds. The van der Waals surface area contributed by atoms with Gasteiger partial charge in [0.2, 0.25) is 17.7 Å². The van der Waals surface area contributed by atoms with Gasteiger partial charge in [-0.15, -0.1) is 0 Å². The van der Waals surface area contributed by atoms with E-state index in [1.54, 1.807) is 0 Å². The summed E-state index contributed by atoms with van der Waals surface area (Å²) in [5.41, 5.74) is -0.955. The van der Waals surface area contributed by atoms with Gasteiger partial charge in [-0.25, -0.2) is 0 Å². The van der Waals surface area contributed by atoms with Crippen molar-refractivity contribution in [2.75, 3.05) is 5.32 Å².